The molecule has 0 aromatic heterocycles. The number of esters is 1. The number of hydrogen-bond acceptors (Lipinski definition) is 9. The van der Waals surface area contributed by atoms with Crippen molar-refractivity contribution in [1.29, 1.82) is 0 Å². The first-order chi connectivity index (χ1) is 23.0. The van der Waals surface area contributed by atoms with Gasteiger partial charge in [0.25, 0.3) is 0 Å². The van der Waals surface area contributed by atoms with Crippen LogP contribution < -0.4 is 9.32 Å². The van der Waals surface area contributed by atoms with Gasteiger partial charge in [-0.3, -0.25) is 14.4 Å². The van der Waals surface area contributed by atoms with Gasteiger partial charge < -0.3 is 18.7 Å². The van der Waals surface area contributed by atoms with E-state index in [0.29, 0.717) is 23.1 Å². The van der Waals surface area contributed by atoms with Gasteiger partial charge in [-0.2, -0.15) is 13.6 Å². The predicted octanol–water partition coefficient (Wildman–Crippen LogP) is 2.04. The van der Waals surface area contributed by atoms with Gasteiger partial charge in [-0.05, 0) is 47.4 Å². The summed E-state index contributed by atoms with van der Waals surface area (Å²) >= 11 is 0. The second-order valence-corrected chi connectivity index (χ2v) is 12.6. The molecule has 0 saturated carbocycles. The number of piperazine rings is 1. The van der Waals surface area contributed by atoms with Crippen molar-refractivity contribution in [2.45, 2.75) is 38.0 Å². The molecule has 48 heavy (non-hydrogen) atoms. The number of carbonyl (C=O) groups excluding carboxylic acids is 4. The molecule has 0 radical (unpaired) electrons. The van der Waals surface area contributed by atoms with Crippen LogP contribution in [0.1, 0.15) is 33.5 Å². The molecule has 0 unspecified atom stereocenters. The molecule has 0 bridgehead atoms. The van der Waals surface area contributed by atoms with Gasteiger partial charge in [-0.25, -0.2) is 14.8 Å². The van der Waals surface area contributed by atoms with Gasteiger partial charge in [0.05, 0.1) is 25.8 Å². The number of hydrogen-bond donors (Lipinski definition) is 1. The lowest BCUT2D eigenvalue weighted by Crippen LogP contribution is -2.75. The molecule has 2 heterocycles. The first-order valence-electron chi connectivity index (χ1n) is 15.3. The van der Waals surface area contributed by atoms with Crippen LogP contribution in [-0.4, -0.2) is 90.9 Å². The van der Waals surface area contributed by atoms with Crippen molar-refractivity contribution in [3.63, 3.8) is 0 Å². The molecule has 2 fully saturated rings. The number of nitrogens with zero attached hydrogens (tertiary/aromatic N) is 4. The molecule has 252 valence electrons. The third kappa shape index (κ3) is 8.08. The molecule has 2 saturated heterocycles. The third-order valence-corrected chi connectivity index (χ3v) is 8.61. The summed E-state index contributed by atoms with van der Waals surface area (Å²) in [5.41, 5.74) is 2.59. The molecule has 2 aliphatic rings. The SMILES string of the molecule is C=CCN1CC(=O)N2[C@@H](Cc3ccc(OS(N)(=O)=O)cc3)C(=O)N(Cc3cccc(C(=O)OC)c3)C[C@@H]2N1C(=O)CCc1ccccc1. The number of nitrogens with two attached hydrogens (primary N) is 1. The van der Waals surface area contributed by atoms with Crippen molar-refractivity contribution in [1.82, 2.24) is 19.8 Å². The summed E-state index contributed by atoms with van der Waals surface area (Å²) in [6.07, 6.45) is 1.52. The number of amides is 3. The minimum Gasteiger partial charge on any atom is -0.465 e. The summed E-state index contributed by atoms with van der Waals surface area (Å²) in [6.45, 7) is 4.05. The van der Waals surface area contributed by atoms with E-state index >= 15 is 0 Å². The summed E-state index contributed by atoms with van der Waals surface area (Å²) in [7, 11) is -2.95. The van der Waals surface area contributed by atoms with Crippen molar-refractivity contribution in [3.05, 3.63) is 114 Å². The zero-order valence-corrected chi connectivity index (χ0v) is 27.3. The number of methoxy groups -OCH3 is 1. The average Bonchev–Trinajstić information content (AvgIpc) is 3.06. The fraction of sp³-hybridized carbons (Fsp3) is 0.294. The molecule has 2 atom stereocenters. The maximum absolute atomic E-state index is 14.2. The standard InChI is InChI=1S/C34H37N5O8S/c1-3-18-37-23-32(41)38-29(20-25-12-15-28(16-13-25)47-48(35,44)45)33(42)36(21-26-10-7-11-27(19-26)34(43)46-2)22-30(38)39(37)31(40)17-14-24-8-5-4-6-9-24/h3-13,15-16,19,29-30H,1,14,17-18,20-23H2,2H3,(H2,35,44,45)/t29-,30-/m0/s1. The maximum atomic E-state index is 14.2. The van der Waals surface area contributed by atoms with Gasteiger partial charge in [-0.1, -0.05) is 60.7 Å². The highest BCUT2D eigenvalue weighted by Gasteiger charge is 2.51. The van der Waals surface area contributed by atoms with E-state index in [-0.39, 0.29) is 62.5 Å². The van der Waals surface area contributed by atoms with E-state index in [1.165, 1.54) is 24.1 Å². The summed E-state index contributed by atoms with van der Waals surface area (Å²) in [5.74, 6) is -1.41. The topological polar surface area (TPSA) is 160 Å². The van der Waals surface area contributed by atoms with Crippen LogP contribution in [0.5, 0.6) is 5.75 Å². The minimum absolute atomic E-state index is 0.00878. The second-order valence-electron chi connectivity index (χ2n) is 11.5. The first-order valence-corrected chi connectivity index (χ1v) is 16.7. The molecule has 13 nitrogen and oxygen atoms in total. The normalized spacial score (nSPS) is 18.3. The Bertz CT molecular complexity index is 1780. The lowest BCUT2D eigenvalue weighted by Gasteiger charge is -2.55. The minimum atomic E-state index is -4.24. The van der Waals surface area contributed by atoms with Crippen molar-refractivity contribution in [2.75, 3.05) is 26.7 Å². The Hall–Kier alpha value is -5.05. The highest BCUT2D eigenvalue weighted by Crippen LogP contribution is 2.30. The fourth-order valence-corrected chi connectivity index (χ4v) is 6.47. The van der Waals surface area contributed by atoms with Crippen LogP contribution >= 0.6 is 0 Å². The number of hydrazine groups is 1. The van der Waals surface area contributed by atoms with Gasteiger partial charge in [0, 0.05) is 25.9 Å². The van der Waals surface area contributed by atoms with Gasteiger partial charge in [0.1, 0.15) is 18.0 Å². The Morgan fingerprint density at radius 1 is 0.979 bits per heavy atom. The van der Waals surface area contributed by atoms with Crippen molar-refractivity contribution in [2.24, 2.45) is 5.14 Å². The first kappa shape index (κ1) is 34.3. The van der Waals surface area contributed by atoms with Crippen molar-refractivity contribution < 1.29 is 36.5 Å². The zero-order valence-electron chi connectivity index (χ0n) is 26.4. The number of rotatable bonds is 12. The predicted molar refractivity (Wildman–Crippen MR) is 175 cm³/mol. The summed E-state index contributed by atoms with van der Waals surface area (Å²) in [4.78, 5) is 57.4. The zero-order chi connectivity index (χ0) is 34.4. The quantitative estimate of drug-likeness (QED) is 0.224. The van der Waals surface area contributed by atoms with Crippen LogP contribution in [-0.2, 0) is 48.8 Å². The van der Waals surface area contributed by atoms with E-state index in [1.807, 2.05) is 30.3 Å². The highest BCUT2D eigenvalue weighted by atomic mass is 32.2. The van der Waals surface area contributed by atoms with E-state index in [4.69, 9.17) is 14.1 Å². The molecule has 3 aromatic carbocycles. The number of ether oxygens (including phenoxy) is 1. The van der Waals surface area contributed by atoms with Crippen LogP contribution in [0.4, 0.5) is 0 Å². The van der Waals surface area contributed by atoms with E-state index in [9.17, 15) is 27.6 Å². The van der Waals surface area contributed by atoms with Crippen molar-refractivity contribution >= 4 is 34.0 Å². The van der Waals surface area contributed by atoms with Crippen LogP contribution in [0.25, 0.3) is 0 Å². The molecule has 0 aliphatic carbocycles. The second kappa shape index (κ2) is 14.8. The molecular weight excluding hydrogens is 638 g/mol. The average molecular weight is 676 g/mol. The summed E-state index contributed by atoms with van der Waals surface area (Å²) in [6, 6.07) is 21.3. The molecule has 3 amide bonds. The van der Waals surface area contributed by atoms with E-state index in [2.05, 4.69) is 6.58 Å². The molecule has 14 heteroatoms. The molecule has 3 aromatic rings. The number of benzene rings is 3. The fourth-order valence-electron chi connectivity index (χ4n) is 6.09. The molecule has 2 aliphatic heterocycles. The number of aryl methyl sites for hydroxylation is 1. The summed E-state index contributed by atoms with van der Waals surface area (Å²) < 4.78 is 32.4. The van der Waals surface area contributed by atoms with Gasteiger partial charge in [0.15, 0.2) is 0 Å². The lowest BCUT2D eigenvalue weighted by molar-refractivity contribution is -0.205. The Balaban J connectivity index is 1.50. The Morgan fingerprint density at radius 2 is 1.69 bits per heavy atom. The van der Waals surface area contributed by atoms with Crippen LogP contribution in [0, 0.1) is 0 Å². The van der Waals surface area contributed by atoms with Gasteiger partial charge in [0.2, 0.25) is 17.7 Å². The number of fused-ring (bicyclic) bond motifs is 1. The van der Waals surface area contributed by atoms with Gasteiger partial charge in [-0.15, -0.1) is 6.58 Å². The van der Waals surface area contributed by atoms with Crippen LogP contribution in [0.3, 0.4) is 0 Å². The summed E-state index contributed by atoms with van der Waals surface area (Å²) in [5, 5.41) is 8.22. The monoisotopic (exact) mass is 675 g/mol. The third-order valence-electron chi connectivity index (χ3n) is 8.18. The maximum Gasteiger partial charge on any atom is 0.380 e. The molecule has 2 N–H and O–H groups in total. The Labute approximate surface area is 279 Å². The van der Waals surface area contributed by atoms with E-state index < -0.39 is 28.5 Å². The van der Waals surface area contributed by atoms with E-state index in [1.54, 1.807) is 57.4 Å². The van der Waals surface area contributed by atoms with E-state index in [0.717, 1.165) is 5.56 Å². The molecule has 5 rings (SSSR count). The smallest absolute Gasteiger partial charge is 0.380 e. The molecular formula is C34H37N5O8S. The van der Waals surface area contributed by atoms with Gasteiger partial charge >= 0.3 is 16.3 Å². The van der Waals surface area contributed by atoms with Crippen LogP contribution in [0.2, 0.25) is 0 Å². The van der Waals surface area contributed by atoms with Crippen molar-refractivity contribution in [3.8, 4) is 5.75 Å². The lowest BCUT2D eigenvalue weighted by atomic mass is 9.97. The Morgan fingerprint density at radius 3 is 2.35 bits per heavy atom. The largest absolute Gasteiger partial charge is 0.465 e. The highest BCUT2D eigenvalue weighted by molar-refractivity contribution is 7.84. The molecule has 0 spiro atoms. The Kier molecular flexibility index (Phi) is 10.6. The van der Waals surface area contributed by atoms with Crippen LogP contribution in [0.15, 0.2) is 91.5 Å². The number of carbonyl (C=O) groups is 4.